The molecule has 154 valence electrons. The van der Waals surface area contributed by atoms with E-state index in [1.807, 2.05) is 11.0 Å². The standard InChI is InChI=1S/C21H23F2N3O3/c22-15-1-4-20(18(23)11-15)26-7-5-25(6-8-26)12-16(27)13-29-17-2-3-19-14(9-17)10-21(28)24-19/h1-4,9,11,16,27H,5-8,10,12-13H2,(H,24,28)/t16-/m0/s1. The normalized spacial score (nSPS) is 17.8. The molecular formula is C21H23F2N3O3. The molecule has 2 aliphatic heterocycles. The van der Waals surface area contributed by atoms with E-state index in [0.717, 1.165) is 17.3 Å². The fourth-order valence-electron chi connectivity index (χ4n) is 3.75. The highest BCUT2D eigenvalue weighted by Crippen LogP contribution is 2.27. The number of carbonyl (C=O) groups excluding carboxylic acids is 1. The predicted molar refractivity (Wildman–Crippen MR) is 105 cm³/mol. The van der Waals surface area contributed by atoms with Crippen LogP contribution in [0.2, 0.25) is 0 Å². The minimum Gasteiger partial charge on any atom is -0.491 e. The molecule has 0 saturated carbocycles. The van der Waals surface area contributed by atoms with E-state index in [1.165, 1.54) is 12.1 Å². The second-order valence-corrected chi connectivity index (χ2v) is 7.39. The first-order valence-corrected chi connectivity index (χ1v) is 9.64. The Kier molecular flexibility index (Phi) is 5.64. The Morgan fingerprint density at radius 1 is 1.10 bits per heavy atom. The summed E-state index contributed by atoms with van der Waals surface area (Å²) in [6.45, 7) is 3.13. The van der Waals surface area contributed by atoms with Crippen LogP contribution in [0.4, 0.5) is 20.2 Å². The van der Waals surface area contributed by atoms with Gasteiger partial charge in [0.15, 0.2) is 0 Å². The summed E-state index contributed by atoms with van der Waals surface area (Å²) in [7, 11) is 0. The van der Waals surface area contributed by atoms with Gasteiger partial charge in [0.05, 0.1) is 12.1 Å². The second-order valence-electron chi connectivity index (χ2n) is 7.39. The maximum Gasteiger partial charge on any atom is 0.228 e. The van der Waals surface area contributed by atoms with Gasteiger partial charge in [0.25, 0.3) is 0 Å². The molecule has 8 heteroatoms. The summed E-state index contributed by atoms with van der Waals surface area (Å²) in [6.07, 6.45) is -0.328. The third kappa shape index (κ3) is 4.65. The minimum absolute atomic E-state index is 0.0307. The van der Waals surface area contributed by atoms with Gasteiger partial charge in [-0.3, -0.25) is 9.69 Å². The van der Waals surface area contributed by atoms with Crippen LogP contribution in [0.5, 0.6) is 5.75 Å². The van der Waals surface area contributed by atoms with Gasteiger partial charge < -0.3 is 20.1 Å². The van der Waals surface area contributed by atoms with E-state index in [1.54, 1.807) is 12.1 Å². The van der Waals surface area contributed by atoms with Crippen molar-refractivity contribution in [3.8, 4) is 5.75 Å². The number of anilines is 2. The molecule has 0 bridgehead atoms. The van der Waals surface area contributed by atoms with E-state index in [-0.39, 0.29) is 12.5 Å². The molecule has 0 spiro atoms. The van der Waals surface area contributed by atoms with Gasteiger partial charge in [0, 0.05) is 44.5 Å². The van der Waals surface area contributed by atoms with E-state index in [4.69, 9.17) is 4.74 Å². The largest absolute Gasteiger partial charge is 0.491 e. The molecule has 2 aromatic carbocycles. The van der Waals surface area contributed by atoms with E-state index in [0.29, 0.717) is 50.6 Å². The number of nitrogens with zero attached hydrogens (tertiary/aromatic N) is 2. The Morgan fingerprint density at radius 3 is 2.66 bits per heavy atom. The van der Waals surface area contributed by atoms with Gasteiger partial charge >= 0.3 is 0 Å². The van der Waals surface area contributed by atoms with E-state index >= 15 is 0 Å². The molecule has 0 unspecified atom stereocenters. The molecule has 2 aliphatic rings. The summed E-state index contributed by atoms with van der Waals surface area (Å²) in [5.41, 5.74) is 2.10. The number of rotatable bonds is 6. The van der Waals surface area contributed by atoms with Crippen LogP contribution in [-0.4, -0.2) is 61.3 Å². The van der Waals surface area contributed by atoms with Crippen LogP contribution in [0.3, 0.4) is 0 Å². The van der Waals surface area contributed by atoms with E-state index in [2.05, 4.69) is 10.2 Å². The molecule has 4 rings (SSSR count). The van der Waals surface area contributed by atoms with Crippen LogP contribution in [0.15, 0.2) is 36.4 Å². The number of carbonyl (C=O) groups is 1. The SMILES string of the molecule is O=C1Cc2cc(OC[C@@H](O)CN3CCN(c4ccc(F)cc4F)CC3)ccc2N1. The molecule has 29 heavy (non-hydrogen) atoms. The van der Waals surface area contributed by atoms with Gasteiger partial charge in [-0.15, -0.1) is 0 Å². The summed E-state index contributed by atoms with van der Waals surface area (Å²) in [4.78, 5) is 15.4. The fourth-order valence-corrected chi connectivity index (χ4v) is 3.75. The van der Waals surface area contributed by atoms with Crippen LogP contribution in [-0.2, 0) is 11.2 Å². The molecule has 0 aromatic heterocycles. The summed E-state index contributed by atoms with van der Waals surface area (Å²) < 4.78 is 32.7. The van der Waals surface area contributed by atoms with Gasteiger partial charge in [-0.25, -0.2) is 8.78 Å². The maximum atomic E-state index is 13.9. The van der Waals surface area contributed by atoms with Crippen LogP contribution >= 0.6 is 0 Å². The lowest BCUT2D eigenvalue weighted by molar-refractivity contribution is -0.115. The Labute approximate surface area is 167 Å². The maximum absolute atomic E-state index is 13.9. The first-order chi connectivity index (χ1) is 14.0. The molecule has 2 aromatic rings. The topological polar surface area (TPSA) is 65.0 Å². The third-order valence-corrected chi connectivity index (χ3v) is 5.24. The number of benzene rings is 2. The highest BCUT2D eigenvalue weighted by molar-refractivity contribution is 5.99. The zero-order chi connectivity index (χ0) is 20.4. The Hall–Kier alpha value is -2.71. The number of aliphatic hydroxyl groups is 1. The van der Waals surface area contributed by atoms with E-state index < -0.39 is 17.7 Å². The average molecular weight is 403 g/mol. The Bertz CT molecular complexity index is 901. The lowest BCUT2D eigenvalue weighted by atomic mass is 10.1. The van der Waals surface area contributed by atoms with Crippen molar-refractivity contribution < 1.29 is 23.4 Å². The van der Waals surface area contributed by atoms with Gasteiger partial charge in [-0.1, -0.05) is 0 Å². The van der Waals surface area contributed by atoms with Crippen LogP contribution in [0.1, 0.15) is 5.56 Å². The monoisotopic (exact) mass is 403 g/mol. The van der Waals surface area contributed by atoms with Crippen LogP contribution in [0.25, 0.3) is 0 Å². The molecule has 1 atom stereocenters. The third-order valence-electron chi connectivity index (χ3n) is 5.24. The molecule has 1 amide bonds. The molecule has 2 N–H and O–H groups in total. The average Bonchev–Trinajstić information content (AvgIpc) is 3.06. The smallest absolute Gasteiger partial charge is 0.228 e. The lowest BCUT2D eigenvalue weighted by Gasteiger charge is -2.37. The van der Waals surface area contributed by atoms with Crippen LogP contribution in [0, 0.1) is 11.6 Å². The van der Waals surface area contributed by atoms with Crippen molar-refractivity contribution in [3.05, 3.63) is 53.6 Å². The molecular weight excluding hydrogens is 380 g/mol. The minimum atomic E-state index is -0.669. The second kappa shape index (κ2) is 8.34. The van der Waals surface area contributed by atoms with Crippen molar-refractivity contribution in [3.63, 3.8) is 0 Å². The summed E-state index contributed by atoms with van der Waals surface area (Å²) in [5, 5.41) is 13.1. The Morgan fingerprint density at radius 2 is 1.90 bits per heavy atom. The summed E-state index contributed by atoms with van der Waals surface area (Å²) in [6, 6.07) is 9.01. The number of ether oxygens (including phenoxy) is 1. The van der Waals surface area contributed by atoms with Gasteiger partial charge in [0.1, 0.15) is 30.1 Å². The predicted octanol–water partition coefficient (Wildman–Crippen LogP) is 2.02. The molecule has 1 saturated heterocycles. The van der Waals surface area contributed by atoms with Crippen molar-refractivity contribution in [1.82, 2.24) is 4.90 Å². The number of amides is 1. The van der Waals surface area contributed by atoms with Crippen LogP contribution < -0.4 is 15.0 Å². The number of hydrogen-bond donors (Lipinski definition) is 2. The first kappa shape index (κ1) is 19.6. The first-order valence-electron chi connectivity index (χ1n) is 9.64. The number of halogens is 2. The Balaban J connectivity index is 1.23. The summed E-state index contributed by atoms with van der Waals surface area (Å²) >= 11 is 0. The molecule has 0 aliphatic carbocycles. The van der Waals surface area contributed by atoms with Crippen molar-refractivity contribution in [1.29, 1.82) is 0 Å². The summed E-state index contributed by atoms with van der Waals surface area (Å²) in [5.74, 6) is -0.551. The molecule has 1 fully saturated rings. The van der Waals surface area contributed by atoms with Gasteiger partial charge in [-0.2, -0.15) is 0 Å². The number of piperazine rings is 1. The fraction of sp³-hybridized carbons (Fsp3) is 0.381. The van der Waals surface area contributed by atoms with Crippen molar-refractivity contribution in [2.24, 2.45) is 0 Å². The zero-order valence-corrected chi connectivity index (χ0v) is 15.9. The van der Waals surface area contributed by atoms with Crippen molar-refractivity contribution >= 4 is 17.3 Å². The highest BCUT2D eigenvalue weighted by atomic mass is 19.1. The van der Waals surface area contributed by atoms with E-state index in [9.17, 15) is 18.7 Å². The zero-order valence-electron chi connectivity index (χ0n) is 15.9. The number of fused-ring (bicyclic) bond motifs is 1. The molecule has 0 radical (unpaired) electrons. The highest BCUT2D eigenvalue weighted by Gasteiger charge is 2.22. The lowest BCUT2D eigenvalue weighted by Crippen LogP contribution is -2.49. The number of hydrogen-bond acceptors (Lipinski definition) is 5. The van der Waals surface area contributed by atoms with Crippen molar-refractivity contribution in [2.45, 2.75) is 12.5 Å². The number of nitrogens with one attached hydrogen (secondary N) is 1. The quantitative estimate of drug-likeness (QED) is 0.773. The molecule has 6 nitrogen and oxygen atoms in total. The van der Waals surface area contributed by atoms with Crippen molar-refractivity contribution in [2.75, 3.05) is 49.5 Å². The van der Waals surface area contributed by atoms with Gasteiger partial charge in [0.2, 0.25) is 5.91 Å². The van der Waals surface area contributed by atoms with Gasteiger partial charge in [-0.05, 0) is 35.9 Å². The number of aliphatic hydroxyl groups excluding tert-OH is 1. The molecule has 2 heterocycles. The number of β-amino-alcohol motifs (C(OH)–C–C–N with tert-alkyl or cyclic N) is 1.